The molecule has 0 spiro atoms. The van der Waals surface area contributed by atoms with Crippen molar-refractivity contribution in [2.24, 2.45) is 0 Å². The molecule has 0 fully saturated rings. The second-order valence-corrected chi connectivity index (χ2v) is 5.93. The normalized spacial score (nSPS) is 12.9. The van der Waals surface area contributed by atoms with Crippen molar-refractivity contribution in [1.82, 2.24) is 0 Å². The molecule has 2 aromatic carbocycles. The molecule has 3 rings (SSSR count). The molecule has 0 aromatic heterocycles. The van der Waals surface area contributed by atoms with Crippen LogP contribution in [0.25, 0.3) is 0 Å². The first-order chi connectivity index (χ1) is 13.0. The van der Waals surface area contributed by atoms with E-state index in [-0.39, 0.29) is 18.0 Å². The lowest BCUT2D eigenvalue weighted by molar-refractivity contribution is -0.115. The third kappa shape index (κ3) is 3.46. The summed E-state index contributed by atoms with van der Waals surface area (Å²) in [6.07, 6.45) is 0. The fourth-order valence-corrected chi connectivity index (χ4v) is 3.13. The first-order valence-corrected chi connectivity index (χ1v) is 8.18. The van der Waals surface area contributed by atoms with E-state index < -0.39 is 5.97 Å². The standard InChI is InChI=1S/C19H20N2O6/c1-25-15-7-5-12(17(26-2)18(15)27-3)9-21-10-16(22)20-13-8-11(19(23)24)4-6-14(13)21/h4-8H,9-10H2,1-3H3,(H,20,22)(H,23,24). The Hall–Kier alpha value is -3.42. The highest BCUT2D eigenvalue weighted by Crippen LogP contribution is 2.41. The van der Waals surface area contributed by atoms with Gasteiger partial charge in [0.1, 0.15) is 0 Å². The van der Waals surface area contributed by atoms with Crippen molar-refractivity contribution in [3.8, 4) is 17.2 Å². The van der Waals surface area contributed by atoms with Gasteiger partial charge in [0.15, 0.2) is 11.5 Å². The highest BCUT2D eigenvalue weighted by atomic mass is 16.5. The van der Waals surface area contributed by atoms with Crippen LogP contribution in [0, 0.1) is 0 Å². The summed E-state index contributed by atoms with van der Waals surface area (Å²) in [7, 11) is 4.61. The predicted octanol–water partition coefficient (Wildman–Crippen LogP) is 2.37. The SMILES string of the molecule is COc1ccc(CN2CC(=O)Nc3cc(C(=O)O)ccc32)c(OC)c1OC. The number of carboxylic acids is 1. The quantitative estimate of drug-likeness (QED) is 0.803. The lowest BCUT2D eigenvalue weighted by Crippen LogP contribution is -2.37. The van der Waals surface area contributed by atoms with Crippen LogP contribution in [0.4, 0.5) is 11.4 Å². The molecule has 1 heterocycles. The zero-order chi connectivity index (χ0) is 19.6. The van der Waals surface area contributed by atoms with Gasteiger partial charge in [-0.3, -0.25) is 4.79 Å². The number of nitrogens with one attached hydrogen (secondary N) is 1. The molecule has 2 N–H and O–H groups in total. The molecule has 0 saturated carbocycles. The molecule has 0 bridgehead atoms. The smallest absolute Gasteiger partial charge is 0.335 e. The van der Waals surface area contributed by atoms with E-state index in [1.54, 1.807) is 19.2 Å². The predicted molar refractivity (Wildman–Crippen MR) is 99.2 cm³/mol. The van der Waals surface area contributed by atoms with Crippen molar-refractivity contribution in [1.29, 1.82) is 0 Å². The highest BCUT2D eigenvalue weighted by Gasteiger charge is 2.25. The minimum atomic E-state index is -1.05. The van der Waals surface area contributed by atoms with E-state index in [2.05, 4.69) is 5.32 Å². The minimum absolute atomic E-state index is 0.111. The number of amides is 1. The molecular weight excluding hydrogens is 352 g/mol. The fraction of sp³-hybridized carbons (Fsp3) is 0.263. The van der Waals surface area contributed by atoms with Crippen LogP contribution in [0.15, 0.2) is 30.3 Å². The van der Waals surface area contributed by atoms with Gasteiger partial charge in [0.25, 0.3) is 0 Å². The van der Waals surface area contributed by atoms with Gasteiger partial charge in [0.2, 0.25) is 11.7 Å². The Bertz CT molecular complexity index is 896. The number of methoxy groups -OCH3 is 3. The van der Waals surface area contributed by atoms with Crippen LogP contribution in [0.2, 0.25) is 0 Å². The summed E-state index contributed by atoms with van der Waals surface area (Å²) in [5.74, 6) is 0.267. The number of anilines is 2. The molecule has 0 radical (unpaired) electrons. The van der Waals surface area contributed by atoms with Crippen LogP contribution in [-0.2, 0) is 11.3 Å². The maximum absolute atomic E-state index is 12.1. The van der Waals surface area contributed by atoms with Crippen LogP contribution >= 0.6 is 0 Å². The van der Waals surface area contributed by atoms with Crippen LogP contribution in [0.3, 0.4) is 0 Å². The molecule has 0 atom stereocenters. The molecule has 1 aliphatic rings. The van der Waals surface area contributed by atoms with E-state index in [4.69, 9.17) is 19.3 Å². The number of nitrogens with zero attached hydrogens (tertiary/aromatic N) is 1. The van der Waals surface area contributed by atoms with Crippen LogP contribution in [0.1, 0.15) is 15.9 Å². The summed E-state index contributed by atoms with van der Waals surface area (Å²) < 4.78 is 16.2. The summed E-state index contributed by atoms with van der Waals surface area (Å²) in [6, 6.07) is 8.27. The molecule has 8 nitrogen and oxygen atoms in total. The van der Waals surface area contributed by atoms with Gasteiger partial charge >= 0.3 is 5.97 Å². The van der Waals surface area contributed by atoms with Gasteiger partial charge in [0.05, 0.1) is 44.8 Å². The second-order valence-electron chi connectivity index (χ2n) is 5.93. The molecule has 1 aliphatic heterocycles. The molecule has 0 unspecified atom stereocenters. The van der Waals surface area contributed by atoms with Gasteiger partial charge in [-0.2, -0.15) is 0 Å². The Balaban J connectivity index is 2.00. The van der Waals surface area contributed by atoms with Crippen molar-refractivity contribution in [2.75, 3.05) is 38.1 Å². The average Bonchev–Trinajstić information content (AvgIpc) is 2.66. The van der Waals surface area contributed by atoms with Gasteiger partial charge in [-0.15, -0.1) is 0 Å². The zero-order valence-corrected chi connectivity index (χ0v) is 15.2. The number of ether oxygens (including phenoxy) is 3. The third-order valence-electron chi connectivity index (χ3n) is 4.34. The average molecular weight is 372 g/mol. The lowest BCUT2D eigenvalue weighted by Gasteiger charge is -2.31. The summed E-state index contributed by atoms with van der Waals surface area (Å²) >= 11 is 0. The molecule has 1 amide bonds. The van der Waals surface area contributed by atoms with E-state index in [1.807, 2.05) is 11.0 Å². The van der Waals surface area contributed by atoms with Crippen LogP contribution in [0.5, 0.6) is 17.2 Å². The lowest BCUT2D eigenvalue weighted by atomic mass is 10.1. The Morgan fingerprint density at radius 1 is 1.11 bits per heavy atom. The van der Waals surface area contributed by atoms with Crippen LogP contribution < -0.4 is 24.4 Å². The number of carbonyl (C=O) groups excluding carboxylic acids is 1. The summed E-state index contributed by atoms with van der Waals surface area (Å²) in [4.78, 5) is 25.1. The van der Waals surface area contributed by atoms with Crippen molar-refractivity contribution >= 4 is 23.3 Å². The van der Waals surface area contributed by atoms with Gasteiger partial charge in [-0.05, 0) is 30.3 Å². The van der Waals surface area contributed by atoms with E-state index in [0.717, 1.165) is 11.3 Å². The molecule has 2 aromatic rings. The van der Waals surface area contributed by atoms with Gasteiger partial charge in [0, 0.05) is 12.1 Å². The molecular formula is C19H20N2O6. The van der Waals surface area contributed by atoms with Crippen molar-refractivity contribution in [2.45, 2.75) is 6.54 Å². The van der Waals surface area contributed by atoms with Gasteiger partial charge in [-0.25, -0.2) is 4.79 Å². The van der Waals surface area contributed by atoms with E-state index in [0.29, 0.717) is 29.5 Å². The number of carbonyl (C=O) groups is 2. The molecule has 0 aliphatic carbocycles. The summed E-state index contributed by atoms with van der Waals surface area (Å²) in [5.41, 5.74) is 2.11. The largest absolute Gasteiger partial charge is 0.493 e. The third-order valence-corrected chi connectivity index (χ3v) is 4.34. The number of carboxylic acid groups (broad SMARTS) is 1. The first-order valence-electron chi connectivity index (χ1n) is 8.18. The number of hydrogen-bond acceptors (Lipinski definition) is 6. The fourth-order valence-electron chi connectivity index (χ4n) is 3.13. The zero-order valence-electron chi connectivity index (χ0n) is 15.2. The molecule has 142 valence electrons. The summed E-state index contributed by atoms with van der Waals surface area (Å²) in [6.45, 7) is 0.507. The highest BCUT2D eigenvalue weighted by molar-refractivity contribution is 6.03. The number of fused-ring (bicyclic) bond motifs is 1. The maximum atomic E-state index is 12.1. The maximum Gasteiger partial charge on any atom is 0.335 e. The molecule has 8 heteroatoms. The van der Waals surface area contributed by atoms with Gasteiger partial charge < -0.3 is 29.5 Å². The number of rotatable bonds is 6. The van der Waals surface area contributed by atoms with E-state index in [1.165, 1.54) is 26.4 Å². The summed E-state index contributed by atoms with van der Waals surface area (Å²) in [5, 5.41) is 11.9. The number of hydrogen-bond donors (Lipinski definition) is 2. The van der Waals surface area contributed by atoms with Crippen molar-refractivity contribution in [3.63, 3.8) is 0 Å². The second kappa shape index (κ2) is 7.45. The van der Waals surface area contributed by atoms with Crippen molar-refractivity contribution < 1.29 is 28.9 Å². The van der Waals surface area contributed by atoms with Gasteiger partial charge in [-0.1, -0.05) is 0 Å². The first kappa shape index (κ1) is 18.4. The molecule has 0 saturated heterocycles. The van der Waals surface area contributed by atoms with Crippen LogP contribution in [-0.4, -0.2) is 44.9 Å². The molecule has 27 heavy (non-hydrogen) atoms. The topological polar surface area (TPSA) is 97.3 Å². The number of benzene rings is 2. The Morgan fingerprint density at radius 3 is 2.48 bits per heavy atom. The minimum Gasteiger partial charge on any atom is -0.493 e. The van der Waals surface area contributed by atoms with E-state index in [9.17, 15) is 9.59 Å². The van der Waals surface area contributed by atoms with E-state index >= 15 is 0 Å². The Labute approximate surface area is 156 Å². The van der Waals surface area contributed by atoms with Crippen molar-refractivity contribution in [3.05, 3.63) is 41.5 Å². The Morgan fingerprint density at radius 2 is 1.85 bits per heavy atom. The monoisotopic (exact) mass is 372 g/mol. The Kier molecular flexibility index (Phi) is 5.07. The number of aromatic carboxylic acids is 1.